The van der Waals surface area contributed by atoms with Crippen molar-refractivity contribution in [2.75, 3.05) is 5.32 Å². The molecule has 0 spiro atoms. The van der Waals surface area contributed by atoms with Gasteiger partial charge in [-0.15, -0.1) is 0 Å². The van der Waals surface area contributed by atoms with Gasteiger partial charge in [0.15, 0.2) is 5.76 Å². The number of anilines is 1. The summed E-state index contributed by atoms with van der Waals surface area (Å²) in [5.41, 5.74) is 7.77. The number of carbonyl (C=O) groups excluding carboxylic acids is 2. The van der Waals surface area contributed by atoms with Gasteiger partial charge < -0.3 is 20.8 Å². The van der Waals surface area contributed by atoms with Crippen LogP contribution >= 0.6 is 0 Å². The first kappa shape index (κ1) is 30.2. The lowest BCUT2D eigenvalue weighted by Crippen LogP contribution is -2.45. The number of amidine groups is 1. The lowest BCUT2D eigenvalue weighted by molar-refractivity contribution is -0.118. The molecule has 10 nitrogen and oxygen atoms in total. The van der Waals surface area contributed by atoms with E-state index >= 15 is 0 Å². The number of rotatable bonds is 10. The number of benzene rings is 3. The Bertz CT molecular complexity index is 1690. The highest BCUT2D eigenvalue weighted by molar-refractivity contribution is 7.89. The van der Waals surface area contributed by atoms with Crippen molar-refractivity contribution in [2.45, 2.75) is 43.7 Å². The van der Waals surface area contributed by atoms with Gasteiger partial charge in [0.2, 0.25) is 15.9 Å². The predicted octanol–water partition coefficient (Wildman–Crippen LogP) is 4.29. The SMILES string of the molecule is CC(C)(C)NS(=O)(=O)c1ccccc1-c1ccc(NC(=O)C(Cc2cccc(C(=N)N)c2)NC(=O)c2ccco2)cc1. The third-order valence-corrected chi connectivity index (χ3v) is 7.94. The quantitative estimate of drug-likeness (QED) is 0.137. The van der Waals surface area contributed by atoms with E-state index in [2.05, 4.69) is 15.4 Å². The minimum Gasteiger partial charge on any atom is -0.459 e. The Kier molecular flexibility index (Phi) is 8.93. The molecule has 0 bridgehead atoms. The zero-order valence-corrected chi connectivity index (χ0v) is 24.3. The maximum absolute atomic E-state index is 13.4. The van der Waals surface area contributed by atoms with Crippen LogP contribution in [-0.2, 0) is 21.2 Å². The van der Waals surface area contributed by atoms with Gasteiger partial charge in [-0.2, -0.15) is 0 Å². The number of nitrogens with two attached hydrogens (primary N) is 1. The third kappa shape index (κ3) is 7.71. The fourth-order valence-electron chi connectivity index (χ4n) is 4.31. The Hall–Kier alpha value is -4.74. The Labute approximate surface area is 244 Å². The van der Waals surface area contributed by atoms with E-state index in [9.17, 15) is 18.0 Å². The molecule has 1 heterocycles. The number of hydrogen-bond acceptors (Lipinski definition) is 6. The van der Waals surface area contributed by atoms with Gasteiger partial charge in [0.25, 0.3) is 5.91 Å². The molecule has 1 unspecified atom stereocenters. The fraction of sp³-hybridized carbons (Fsp3) is 0.194. The predicted molar refractivity (Wildman–Crippen MR) is 162 cm³/mol. The van der Waals surface area contributed by atoms with Crippen LogP contribution in [0.25, 0.3) is 11.1 Å². The molecule has 4 aromatic rings. The zero-order chi connectivity index (χ0) is 30.5. The van der Waals surface area contributed by atoms with Crippen molar-refractivity contribution < 1.29 is 22.4 Å². The molecule has 0 aliphatic carbocycles. The van der Waals surface area contributed by atoms with Gasteiger partial charge in [-0.05, 0) is 68.3 Å². The molecule has 0 saturated carbocycles. The van der Waals surface area contributed by atoms with Gasteiger partial charge in [-0.3, -0.25) is 15.0 Å². The van der Waals surface area contributed by atoms with Crippen LogP contribution in [0.15, 0.2) is 101 Å². The molecule has 3 aromatic carbocycles. The van der Waals surface area contributed by atoms with Crippen molar-refractivity contribution in [1.82, 2.24) is 10.0 Å². The highest BCUT2D eigenvalue weighted by Gasteiger charge is 2.26. The molecule has 6 N–H and O–H groups in total. The number of carbonyl (C=O) groups is 2. The molecule has 0 aliphatic rings. The average molecular weight is 588 g/mol. The first-order valence-corrected chi connectivity index (χ1v) is 14.6. The molecule has 11 heteroatoms. The minimum atomic E-state index is -3.79. The van der Waals surface area contributed by atoms with E-state index in [1.165, 1.54) is 12.3 Å². The smallest absolute Gasteiger partial charge is 0.287 e. The summed E-state index contributed by atoms with van der Waals surface area (Å²) in [6, 6.07) is 22.4. The summed E-state index contributed by atoms with van der Waals surface area (Å²) < 4.78 is 34.0. The Morgan fingerprint density at radius 2 is 1.67 bits per heavy atom. The van der Waals surface area contributed by atoms with Crippen LogP contribution in [0, 0.1) is 5.41 Å². The highest BCUT2D eigenvalue weighted by atomic mass is 32.2. The Morgan fingerprint density at radius 3 is 2.31 bits per heavy atom. The summed E-state index contributed by atoms with van der Waals surface area (Å²) in [6.07, 6.45) is 1.49. The largest absolute Gasteiger partial charge is 0.459 e. The Balaban J connectivity index is 1.56. The standard InChI is InChI=1S/C31H33N5O5S/c1-31(2,3)36-42(39,40)27-12-5-4-10-24(27)21-13-15-23(16-14-21)34-29(37)25(35-30(38)26-11-7-17-41-26)19-20-8-6-9-22(18-20)28(32)33/h4-18,25,36H,19H2,1-3H3,(H3,32,33)(H,34,37)(H,35,38). The van der Waals surface area contributed by atoms with Crippen LogP contribution in [-0.4, -0.2) is 37.6 Å². The van der Waals surface area contributed by atoms with Crippen LogP contribution in [0.4, 0.5) is 5.69 Å². The van der Waals surface area contributed by atoms with Crippen LogP contribution in [0.1, 0.15) is 42.5 Å². The van der Waals surface area contributed by atoms with E-state index < -0.39 is 33.4 Å². The topological polar surface area (TPSA) is 167 Å². The molecule has 0 radical (unpaired) electrons. The van der Waals surface area contributed by atoms with E-state index in [0.29, 0.717) is 27.9 Å². The molecular formula is C31H33N5O5S. The highest BCUT2D eigenvalue weighted by Crippen LogP contribution is 2.29. The van der Waals surface area contributed by atoms with Crippen molar-refractivity contribution in [3.8, 4) is 11.1 Å². The molecule has 0 saturated heterocycles. The van der Waals surface area contributed by atoms with Crippen molar-refractivity contribution in [3.05, 3.63) is 108 Å². The van der Waals surface area contributed by atoms with E-state index in [1.54, 1.807) is 99.6 Å². The molecule has 218 valence electrons. The molecule has 1 atom stereocenters. The van der Waals surface area contributed by atoms with Gasteiger partial charge in [-0.1, -0.05) is 48.5 Å². The van der Waals surface area contributed by atoms with Gasteiger partial charge in [0.1, 0.15) is 11.9 Å². The number of sulfonamides is 1. The van der Waals surface area contributed by atoms with Crippen LogP contribution in [0.2, 0.25) is 0 Å². The first-order valence-electron chi connectivity index (χ1n) is 13.1. The second-order valence-electron chi connectivity index (χ2n) is 10.7. The number of nitrogens with one attached hydrogen (secondary N) is 4. The van der Waals surface area contributed by atoms with E-state index in [0.717, 1.165) is 0 Å². The monoisotopic (exact) mass is 587 g/mol. The molecular weight excluding hydrogens is 554 g/mol. The average Bonchev–Trinajstić information content (AvgIpc) is 3.47. The van der Waals surface area contributed by atoms with Crippen molar-refractivity contribution in [1.29, 1.82) is 5.41 Å². The van der Waals surface area contributed by atoms with E-state index in [1.807, 2.05) is 0 Å². The molecule has 1 aromatic heterocycles. The second-order valence-corrected chi connectivity index (χ2v) is 12.4. The maximum atomic E-state index is 13.4. The summed E-state index contributed by atoms with van der Waals surface area (Å²) in [5.74, 6) is -1.08. The van der Waals surface area contributed by atoms with E-state index in [4.69, 9.17) is 15.6 Å². The summed E-state index contributed by atoms with van der Waals surface area (Å²) in [5, 5.41) is 13.2. The van der Waals surface area contributed by atoms with Gasteiger partial charge in [0, 0.05) is 28.8 Å². The number of amides is 2. The summed E-state index contributed by atoms with van der Waals surface area (Å²) in [6.45, 7) is 5.32. The van der Waals surface area contributed by atoms with Crippen LogP contribution in [0.3, 0.4) is 0 Å². The second kappa shape index (κ2) is 12.4. The molecule has 2 amide bonds. The molecule has 4 rings (SSSR count). The maximum Gasteiger partial charge on any atom is 0.287 e. The van der Waals surface area contributed by atoms with Crippen molar-refractivity contribution in [2.24, 2.45) is 5.73 Å². The van der Waals surface area contributed by atoms with Crippen LogP contribution < -0.4 is 21.1 Å². The lowest BCUT2D eigenvalue weighted by atomic mass is 10.0. The number of nitrogen functional groups attached to an aromatic ring is 1. The minimum absolute atomic E-state index is 0.0595. The number of furan rings is 1. The molecule has 0 aliphatic heterocycles. The fourth-order valence-corrected chi connectivity index (χ4v) is 5.96. The first-order chi connectivity index (χ1) is 19.8. The normalized spacial score (nSPS) is 12.4. The molecule has 0 fully saturated rings. The van der Waals surface area contributed by atoms with Crippen molar-refractivity contribution >= 4 is 33.4 Å². The zero-order valence-electron chi connectivity index (χ0n) is 23.5. The lowest BCUT2D eigenvalue weighted by Gasteiger charge is -2.21. The van der Waals surface area contributed by atoms with Gasteiger partial charge in [-0.25, -0.2) is 13.1 Å². The Morgan fingerprint density at radius 1 is 0.952 bits per heavy atom. The summed E-state index contributed by atoms with van der Waals surface area (Å²) >= 11 is 0. The van der Waals surface area contributed by atoms with Crippen molar-refractivity contribution in [3.63, 3.8) is 0 Å². The van der Waals surface area contributed by atoms with Gasteiger partial charge >= 0.3 is 0 Å². The molecule has 42 heavy (non-hydrogen) atoms. The summed E-state index contributed by atoms with van der Waals surface area (Å²) in [7, 11) is -3.79. The number of hydrogen-bond donors (Lipinski definition) is 5. The van der Waals surface area contributed by atoms with Gasteiger partial charge in [0.05, 0.1) is 11.2 Å². The van der Waals surface area contributed by atoms with Crippen LogP contribution in [0.5, 0.6) is 0 Å². The van der Waals surface area contributed by atoms with E-state index in [-0.39, 0.29) is 22.9 Å². The summed E-state index contributed by atoms with van der Waals surface area (Å²) in [4.78, 5) is 26.3. The third-order valence-electron chi connectivity index (χ3n) is 6.13.